The van der Waals surface area contributed by atoms with Crippen LogP contribution in [-0.2, 0) is 0 Å². The molecule has 1 fully saturated rings. The van der Waals surface area contributed by atoms with Crippen molar-refractivity contribution in [2.75, 3.05) is 25.4 Å². The fourth-order valence-electron chi connectivity index (χ4n) is 2.36. The van der Waals surface area contributed by atoms with Gasteiger partial charge in [0.1, 0.15) is 0 Å². The molecular formula is C14H29NOS. The fraction of sp³-hybridized carbons (Fsp3) is 1.00. The van der Waals surface area contributed by atoms with Crippen LogP contribution in [0.5, 0.6) is 0 Å². The van der Waals surface area contributed by atoms with Crippen LogP contribution in [0.1, 0.15) is 57.8 Å². The van der Waals surface area contributed by atoms with Gasteiger partial charge in [-0.05, 0) is 38.0 Å². The summed E-state index contributed by atoms with van der Waals surface area (Å²) in [6.07, 6.45) is 12.1. The van der Waals surface area contributed by atoms with E-state index in [0.717, 1.165) is 18.3 Å². The van der Waals surface area contributed by atoms with Gasteiger partial charge in [0.05, 0.1) is 6.61 Å². The Hall–Kier alpha value is 0.270. The first kappa shape index (κ1) is 15.3. The number of aliphatic hydroxyl groups excluding tert-OH is 1. The van der Waals surface area contributed by atoms with E-state index in [-0.39, 0.29) is 0 Å². The molecule has 0 spiro atoms. The molecule has 1 saturated carbocycles. The van der Waals surface area contributed by atoms with Crippen LogP contribution in [-0.4, -0.2) is 41.5 Å². The summed E-state index contributed by atoms with van der Waals surface area (Å²) in [5.41, 5.74) is 0. The summed E-state index contributed by atoms with van der Waals surface area (Å²) in [6.45, 7) is 2.40. The number of thiol groups is 1. The summed E-state index contributed by atoms with van der Waals surface area (Å²) in [5.74, 6) is 1.04. The molecule has 0 heterocycles. The lowest BCUT2D eigenvalue weighted by atomic mass is 10.1. The molecule has 0 aromatic heterocycles. The molecule has 1 N–H and O–H groups in total. The van der Waals surface area contributed by atoms with Crippen molar-refractivity contribution in [3.05, 3.63) is 0 Å². The van der Waals surface area contributed by atoms with Gasteiger partial charge in [0.25, 0.3) is 0 Å². The monoisotopic (exact) mass is 259 g/mol. The number of hydrogen-bond donors (Lipinski definition) is 2. The lowest BCUT2D eigenvalue weighted by Gasteiger charge is -2.20. The number of rotatable bonds is 12. The van der Waals surface area contributed by atoms with Gasteiger partial charge in [-0.2, -0.15) is 12.6 Å². The molecule has 0 radical (unpaired) electrons. The zero-order valence-corrected chi connectivity index (χ0v) is 12.0. The smallest absolute Gasteiger partial charge is 0.0558 e. The molecule has 0 aliphatic heterocycles. The van der Waals surface area contributed by atoms with Crippen LogP contribution in [0.2, 0.25) is 0 Å². The first-order valence-electron chi connectivity index (χ1n) is 7.34. The highest BCUT2D eigenvalue weighted by molar-refractivity contribution is 7.80. The Balaban J connectivity index is 1.85. The standard InChI is InChI=1S/C14H29NOS/c16-12-11-15(14-8-9-14)10-6-4-2-1-3-5-7-13-17/h14,16-17H,1-13H2. The molecule has 102 valence electrons. The van der Waals surface area contributed by atoms with Crippen molar-refractivity contribution in [1.29, 1.82) is 0 Å². The van der Waals surface area contributed by atoms with Gasteiger partial charge in [-0.25, -0.2) is 0 Å². The van der Waals surface area contributed by atoms with Gasteiger partial charge in [0.15, 0.2) is 0 Å². The van der Waals surface area contributed by atoms with Crippen molar-refractivity contribution >= 4 is 12.6 Å². The molecule has 0 aromatic carbocycles. The molecule has 0 unspecified atom stereocenters. The summed E-state index contributed by atoms with van der Waals surface area (Å²) >= 11 is 4.22. The molecule has 1 aliphatic rings. The first-order valence-corrected chi connectivity index (χ1v) is 7.97. The summed E-state index contributed by atoms with van der Waals surface area (Å²) < 4.78 is 0. The predicted octanol–water partition coefficient (Wildman–Crippen LogP) is 3.10. The van der Waals surface area contributed by atoms with Crippen molar-refractivity contribution < 1.29 is 5.11 Å². The highest BCUT2D eigenvalue weighted by Crippen LogP contribution is 2.26. The van der Waals surface area contributed by atoms with Gasteiger partial charge in [-0.15, -0.1) is 0 Å². The minimum Gasteiger partial charge on any atom is -0.395 e. The quantitative estimate of drug-likeness (QED) is 0.415. The van der Waals surface area contributed by atoms with Crippen LogP contribution in [0, 0.1) is 0 Å². The molecule has 17 heavy (non-hydrogen) atoms. The minimum absolute atomic E-state index is 0.320. The molecule has 1 rings (SSSR count). The van der Waals surface area contributed by atoms with Crippen LogP contribution in [0.25, 0.3) is 0 Å². The predicted molar refractivity (Wildman–Crippen MR) is 77.9 cm³/mol. The lowest BCUT2D eigenvalue weighted by Crippen LogP contribution is -2.30. The zero-order chi connectivity index (χ0) is 12.3. The van der Waals surface area contributed by atoms with E-state index in [1.165, 1.54) is 64.3 Å². The Morgan fingerprint density at radius 2 is 1.47 bits per heavy atom. The lowest BCUT2D eigenvalue weighted by molar-refractivity contribution is 0.186. The maximum atomic E-state index is 8.99. The van der Waals surface area contributed by atoms with Gasteiger partial charge in [-0.1, -0.05) is 32.1 Å². The molecule has 0 amide bonds. The van der Waals surface area contributed by atoms with E-state index in [0.29, 0.717) is 6.61 Å². The Labute approximate surface area is 112 Å². The van der Waals surface area contributed by atoms with Gasteiger partial charge in [-0.3, -0.25) is 4.90 Å². The topological polar surface area (TPSA) is 23.5 Å². The molecule has 2 nitrogen and oxygen atoms in total. The summed E-state index contributed by atoms with van der Waals surface area (Å²) in [6, 6.07) is 0.803. The number of aliphatic hydroxyl groups is 1. The molecule has 0 aromatic rings. The minimum atomic E-state index is 0.320. The molecule has 1 aliphatic carbocycles. The van der Waals surface area contributed by atoms with Crippen molar-refractivity contribution in [1.82, 2.24) is 4.90 Å². The van der Waals surface area contributed by atoms with Crippen LogP contribution in [0.3, 0.4) is 0 Å². The molecule has 0 bridgehead atoms. The second kappa shape index (κ2) is 10.2. The van der Waals surface area contributed by atoms with E-state index in [2.05, 4.69) is 17.5 Å². The molecule has 3 heteroatoms. The third kappa shape index (κ3) is 8.06. The third-order valence-corrected chi connectivity index (χ3v) is 3.87. The fourth-order valence-corrected chi connectivity index (χ4v) is 2.58. The van der Waals surface area contributed by atoms with Gasteiger partial charge >= 0.3 is 0 Å². The Kier molecular flexibility index (Phi) is 9.21. The second-order valence-electron chi connectivity index (χ2n) is 5.19. The zero-order valence-electron chi connectivity index (χ0n) is 11.1. The Morgan fingerprint density at radius 1 is 0.882 bits per heavy atom. The van der Waals surface area contributed by atoms with Crippen molar-refractivity contribution in [2.45, 2.75) is 63.8 Å². The van der Waals surface area contributed by atoms with Gasteiger partial charge < -0.3 is 5.11 Å². The number of hydrogen-bond acceptors (Lipinski definition) is 3. The van der Waals surface area contributed by atoms with Crippen molar-refractivity contribution in [3.8, 4) is 0 Å². The SMILES string of the molecule is OCCN(CCCCCCCCCS)C1CC1. The number of unbranched alkanes of at least 4 members (excludes halogenated alkanes) is 6. The van der Waals surface area contributed by atoms with E-state index in [4.69, 9.17) is 5.11 Å². The van der Waals surface area contributed by atoms with Crippen molar-refractivity contribution in [3.63, 3.8) is 0 Å². The second-order valence-corrected chi connectivity index (χ2v) is 5.64. The Morgan fingerprint density at radius 3 is 2.00 bits per heavy atom. The average molecular weight is 259 g/mol. The van der Waals surface area contributed by atoms with E-state index in [1.54, 1.807) is 0 Å². The van der Waals surface area contributed by atoms with E-state index >= 15 is 0 Å². The van der Waals surface area contributed by atoms with E-state index < -0.39 is 0 Å². The summed E-state index contributed by atoms with van der Waals surface area (Å²) in [5, 5.41) is 8.99. The maximum absolute atomic E-state index is 8.99. The van der Waals surface area contributed by atoms with Gasteiger partial charge in [0, 0.05) is 12.6 Å². The third-order valence-electron chi connectivity index (χ3n) is 3.55. The first-order chi connectivity index (χ1) is 8.38. The van der Waals surface area contributed by atoms with Crippen LogP contribution < -0.4 is 0 Å². The largest absolute Gasteiger partial charge is 0.395 e. The maximum Gasteiger partial charge on any atom is 0.0558 e. The highest BCUT2D eigenvalue weighted by Gasteiger charge is 2.27. The molecule has 0 atom stereocenters. The van der Waals surface area contributed by atoms with Crippen LogP contribution in [0.15, 0.2) is 0 Å². The highest BCUT2D eigenvalue weighted by atomic mass is 32.1. The summed E-state index contributed by atoms with van der Waals surface area (Å²) in [4.78, 5) is 2.47. The van der Waals surface area contributed by atoms with Crippen LogP contribution >= 0.6 is 12.6 Å². The summed E-state index contributed by atoms with van der Waals surface area (Å²) in [7, 11) is 0. The molecule has 0 saturated heterocycles. The normalized spacial score (nSPS) is 15.7. The van der Waals surface area contributed by atoms with E-state index in [1.807, 2.05) is 0 Å². The van der Waals surface area contributed by atoms with E-state index in [9.17, 15) is 0 Å². The van der Waals surface area contributed by atoms with Crippen LogP contribution in [0.4, 0.5) is 0 Å². The van der Waals surface area contributed by atoms with Gasteiger partial charge in [0.2, 0.25) is 0 Å². The average Bonchev–Trinajstić information content (AvgIpc) is 3.15. The Bertz CT molecular complexity index is 174. The van der Waals surface area contributed by atoms with Crippen molar-refractivity contribution in [2.24, 2.45) is 0 Å². The number of nitrogens with zero attached hydrogens (tertiary/aromatic N) is 1. The molecular weight excluding hydrogens is 230 g/mol.